The van der Waals surface area contributed by atoms with Crippen LogP contribution in [0, 0.1) is 6.92 Å². The molecule has 0 atom stereocenters. The van der Waals surface area contributed by atoms with Crippen LogP contribution in [-0.4, -0.2) is 7.05 Å². The molecule has 2 rings (SSSR count). The van der Waals surface area contributed by atoms with Gasteiger partial charge in [0.2, 0.25) is 0 Å². The number of rotatable bonds is 4. The number of benzene rings is 2. The summed E-state index contributed by atoms with van der Waals surface area (Å²) in [6, 6.07) is 14.5. The van der Waals surface area contributed by atoms with Gasteiger partial charge in [-0.25, -0.2) is 0 Å². The minimum absolute atomic E-state index is 0.522. The molecule has 0 aliphatic carbocycles. The van der Waals surface area contributed by atoms with Gasteiger partial charge < -0.3 is 10.6 Å². The van der Waals surface area contributed by atoms with Gasteiger partial charge in [0.1, 0.15) is 0 Å². The summed E-state index contributed by atoms with van der Waals surface area (Å²) in [6.45, 7) is 3.40. The molecule has 2 nitrogen and oxygen atoms in total. The van der Waals surface area contributed by atoms with Crippen LogP contribution in [0.4, 0.5) is 5.69 Å². The second-order valence-electron chi connectivity index (χ2n) is 4.82. The van der Waals surface area contributed by atoms with Crippen LogP contribution in [-0.2, 0) is 13.1 Å². The summed E-state index contributed by atoms with van der Waals surface area (Å²) in [5, 5.41) is 0.780. The molecule has 3 heteroatoms. The zero-order valence-electron chi connectivity index (χ0n) is 11.4. The summed E-state index contributed by atoms with van der Waals surface area (Å²) in [5.74, 6) is 0. The van der Waals surface area contributed by atoms with E-state index in [9.17, 15) is 0 Å². The van der Waals surface area contributed by atoms with Crippen LogP contribution in [0.3, 0.4) is 0 Å². The third kappa shape index (κ3) is 3.49. The molecule has 0 radical (unpaired) electrons. The molecular formula is C16H19ClN2. The van der Waals surface area contributed by atoms with Crippen molar-refractivity contribution in [3.05, 3.63) is 64.2 Å². The number of nitrogens with two attached hydrogens (primary N) is 1. The van der Waals surface area contributed by atoms with Gasteiger partial charge in [-0.1, -0.05) is 41.4 Å². The molecule has 0 saturated heterocycles. The van der Waals surface area contributed by atoms with E-state index in [2.05, 4.69) is 49.2 Å². The van der Waals surface area contributed by atoms with Crippen LogP contribution in [0.2, 0.25) is 5.02 Å². The molecule has 19 heavy (non-hydrogen) atoms. The van der Waals surface area contributed by atoms with Gasteiger partial charge in [-0.2, -0.15) is 0 Å². The van der Waals surface area contributed by atoms with Crippen molar-refractivity contribution >= 4 is 17.3 Å². The van der Waals surface area contributed by atoms with Crippen LogP contribution in [0.25, 0.3) is 0 Å². The molecule has 0 saturated carbocycles. The van der Waals surface area contributed by atoms with Crippen LogP contribution in [0.15, 0.2) is 42.5 Å². The maximum absolute atomic E-state index is 6.28. The minimum Gasteiger partial charge on any atom is -0.370 e. The fourth-order valence-electron chi connectivity index (χ4n) is 1.99. The van der Waals surface area contributed by atoms with Crippen molar-refractivity contribution in [1.82, 2.24) is 0 Å². The fraction of sp³-hybridized carbons (Fsp3) is 0.250. The van der Waals surface area contributed by atoms with Crippen LogP contribution in [0.5, 0.6) is 0 Å². The van der Waals surface area contributed by atoms with Crippen molar-refractivity contribution in [2.45, 2.75) is 20.0 Å². The van der Waals surface area contributed by atoms with Gasteiger partial charge in [0.05, 0.1) is 0 Å². The van der Waals surface area contributed by atoms with Crippen molar-refractivity contribution in [3.63, 3.8) is 0 Å². The smallest absolute Gasteiger partial charge is 0.0459 e. The van der Waals surface area contributed by atoms with Crippen molar-refractivity contribution in [2.24, 2.45) is 5.73 Å². The first-order valence-corrected chi connectivity index (χ1v) is 6.73. The minimum atomic E-state index is 0.522. The first-order valence-electron chi connectivity index (χ1n) is 6.35. The predicted molar refractivity (Wildman–Crippen MR) is 82.6 cm³/mol. The lowest BCUT2D eigenvalue weighted by Crippen LogP contribution is -2.16. The monoisotopic (exact) mass is 274 g/mol. The number of anilines is 1. The van der Waals surface area contributed by atoms with Gasteiger partial charge in [-0.3, -0.25) is 0 Å². The third-order valence-electron chi connectivity index (χ3n) is 3.24. The first-order chi connectivity index (χ1) is 9.10. The highest BCUT2D eigenvalue weighted by Gasteiger charge is 2.06. The fourth-order valence-corrected chi connectivity index (χ4v) is 2.25. The molecule has 0 heterocycles. The average Bonchev–Trinajstić information content (AvgIpc) is 2.41. The predicted octanol–water partition coefficient (Wildman–Crippen LogP) is 3.74. The zero-order valence-corrected chi connectivity index (χ0v) is 12.1. The van der Waals surface area contributed by atoms with E-state index in [0.29, 0.717) is 6.54 Å². The van der Waals surface area contributed by atoms with E-state index < -0.39 is 0 Å². The largest absolute Gasteiger partial charge is 0.370 e. The average molecular weight is 275 g/mol. The Morgan fingerprint density at radius 1 is 1.11 bits per heavy atom. The Morgan fingerprint density at radius 2 is 1.79 bits per heavy atom. The highest BCUT2D eigenvalue weighted by molar-refractivity contribution is 6.31. The Hall–Kier alpha value is -1.51. The van der Waals surface area contributed by atoms with Gasteiger partial charge in [-0.05, 0) is 36.2 Å². The second kappa shape index (κ2) is 6.09. The maximum Gasteiger partial charge on any atom is 0.0459 e. The van der Waals surface area contributed by atoms with Crippen molar-refractivity contribution in [3.8, 4) is 0 Å². The van der Waals surface area contributed by atoms with E-state index in [1.54, 1.807) is 0 Å². The first kappa shape index (κ1) is 13.9. The quantitative estimate of drug-likeness (QED) is 0.920. The summed E-state index contributed by atoms with van der Waals surface area (Å²) in [5.41, 5.74) is 10.2. The summed E-state index contributed by atoms with van der Waals surface area (Å²) >= 11 is 6.28. The molecule has 2 N–H and O–H groups in total. The Morgan fingerprint density at radius 3 is 2.37 bits per heavy atom. The number of hydrogen-bond acceptors (Lipinski definition) is 2. The molecule has 2 aromatic rings. The van der Waals surface area contributed by atoms with Crippen molar-refractivity contribution < 1.29 is 0 Å². The summed E-state index contributed by atoms with van der Waals surface area (Å²) in [6.07, 6.45) is 0. The zero-order chi connectivity index (χ0) is 13.8. The molecule has 100 valence electrons. The van der Waals surface area contributed by atoms with E-state index in [1.165, 1.54) is 11.3 Å². The lowest BCUT2D eigenvalue weighted by Gasteiger charge is -2.20. The number of halogens is 1. The Bertz CT molecular complexity index is 549. The van der Waals surface area contributed by atoms with Gasteiger partial charge >= 0.3 is 0 Å². The van der Waals surface area contributed by atoms with Gasteiger partial charge in [0, 0.05) is 30.8 Å². The molecule has 0 aliphatic rings. The SMILES string of the molecule is Cc1ccc(N(C)Cc2ccc(CN)cc2Cl)cc1. The third-order valence-corrected chi connectivity index (χ3v) is 3.59. The van der Waals surface area contributed by atoms with E-state index in [0.717, 1.165) is 22.7 Å². The molecule has 0 aromatic heterocycles. The number of nitrogens with zero attached hydrogens (tertiary/aromatic N) is 1. The standard InChI is InChI=1S/C16H19ClN2/c1-12-3-7-15(8-4-12)19(2)11-14-6-5-13(10-18)9-16(14)17/h3-9H,10-11,18H2,1-2H3. The van der Waals surface area contributed by atoms with E-state index in [4.69, 9.17) is 17.3 Å². The van der Waals surface area contributed by atoms with Crippen molar-refractivity contribution in [1.29, 1.82) is 0 Å². The molecular weight excluding hydrogens is 256 g/mol. The Labute approximate surface area is 119 Å². The molecule has 0 spiro atoms. The lowest BCUT2D eigenvalue weighted by atomic mass is 10.1. The second-order valence-corrected chi connectivity index (χ2v) is 5.23. The van der Waals surface area contributed by atoms with E-state index in [-0.39, 0.29) is 0 Å². The lowest BCUT2D eigenvalue weighted by molar-refractivity contribution is 0.920. The number of hydrogen-bond donors (Lipinski definition) is 1. The summed E-state index contributed by atoms with van der Waals surface area (Å²) < 4.78 is 0. The normalized spacial score (nSPS) is 10.5. The van der Waals surface area contributed by atoms with Crippen LogP contribution in [0.1, 0.15) is 16.7 Å². The highest BCUT2D eigenvalue weighted by Crippen LogP contribution is 2.22. The van der Waals surface area contributed by atoms with Crippen LogP contribution < -0.4 is 10.6 Å². The van der Waals surface area contributed by atoms with E-state index >= 15 is 0 Å². The van der Waals surface area contributed by atoms with E-state index in [1.807, 2.05) is 12.1 Å². The summed E-state index contributed by atoms with van der Waals surface area (Å²) in [4.78, 5) is 2.18. The van der Waals surface area contributed by atoms with Gasteiger partial charge in [0.15, 0.2) is 0 Å². The van der Waals surface area contributed by atoms with Gasteiger partial charge in [-0.15, -0.1) is 0 Å². The highest BCUT2D eigenvalue weighted by atomic mass is 35.5. The van der Waals surface area contributed by atoms with Crippen molar-refractivity contribution in [2.75, 3.05) is 11.9 Å². The number of aryl methyl sites for hydroxylation is 1. The molecule has 0 amide bonds. The molecule has 0 aliphatic heterocycles. The Balaban J connectivity index is 2.14. The van der Waals surface area contributed by atoms with Gasteiger partial charge in [0.25, 0.3) is 0 Å². The topological polar surface area (TPSA) is 29.3 Å². The molecule has 0 bridgehead atoms. The molecule has 2 aromatic carbocycles. The Kier molecular flexibility index (Phi) is 4.46. The molecule has 0 unspecified atom stereocenters. The molecule has 0 fully saturated rings. The maximum atomic E-state index is 6.28. The summed E-state index contributed by atoms with van der Waals surface area (Å²) in [7, 11) is 2.07. The van der Waals surface area contributed by atoms with Crippen LogP contribution >= 0.6 is 11.6 Å².